The van der Waals surface area contributed by atoms with Crippen LogP contribution >= 0.6 is 0 Å². The first-order chi connectivity index (χ1) is 8.16. The molecule has 5 heteroatoms. The molecule has 1 aromatic rings. The number of nitrogens with zero attached hydrogens (tertiary/aromatic N) is 3. The van der Waals surface area contributed by atoms with E-state index in [1.807, 2.05) is 17.7 Å². The Hall–Kier alpha value is -1.83. The van der Waals surface area contributed by atoms with Crippen LogP contribution in [0.2, 0.25) is 0 Å². The van der Waals surface area contributed by atoms with E-state index in [-0.39, 0.29) is 11.9 Å². The van der Waals surface area contributed by atoms with Crippen molar-refractivity contribution >= 4 is 5.91 Å². The molecule has 17 heavy (non-hydrogen) atoms. The lowest BCUT2D eigenvalue weighted by Gasteiger charge is -2.34. The lowest BCUT2D eigenvalue weighted by molar-refractivity contribution is -0.132. The van der Waals surface area contributed by atoms with E-state index in [0.29, 0.717) is 19.4 Å². The summed E-state index contributed by atoms with van der Waals surface area (Å²) in [6.45, 7) is 2.61. The predicted octanol–water partition coefficient (Wildman–Crippen LogP) is 1.08. The molecule has 1 amide bonds. The van der Waals surface area contributed by atoms with E-state index >= 15 is 0 Å². The average molecular weight is 232 g/mol. The first kappa shape index (κ1) is 11.6. The minimum Gasteiger partial charge on any atom is -0.350 e. The normalized spacial score (nSPS) is 18.8. The standard InChI is InChI=1S/C12H16N4O/c1-10(7-16-6-5-14-9-16)15-11(17)12(8-13)3-2-4-12/h5-6,9-10H,2-4,7H2,1H3,(H,15,17). The fourth-order valence-electron chi connectivity index (χ4n) is 2.04. The summed E-state index contributed by atoms with van der Waals surface area (Å²) in [7, 11) is 0. The Morgan fingerprint density at radius 1 is 1.71 bits per heavy atom. The zero-order chi connectivity index (χ0) is 12.3. The van der Waals surface area contributed by atoms with Crippen molar-refractivity contribution in [2.45, 2.75) is 38.8 Å². The molecule has 1 saturated carbocycles. The molecule has 90 valence electrons. The van der Waals surface area contributed by atoms with E-state index in [2.05, 4.69) is 16.4 Å². The van der Waals surface area contributed by atoms with Gasteiger partial charge in [-0.15, -0.1) is 0 Å². The van der Waals surface area contributed by atoms with E-state index in [9.17, 15) is 4.79 Å². The Bertz CT molecular complexity index is 428. The predicted molar refractivity (Wildman–Crippen MR) is 61.7 cm³/mol. The smallest absolute Gasteiger partial charge is 0.240 e. The number of rotatable bonds is 4. The van der Waals surface area contributed by atoms with Gasteiger partial charge in [0.25, 0.3) is 0 Å². The van der Waals surface area contributed by atoms with Gasteiger partial charge in [-0.3, -0.25) is 4.79 Å². The highest BCUT2D eigenvalue weighted by atomic mass is 16.2. The van der Waals surface area contributed by atoms with Crippen molar-refractivity contribution in [1.82, 2.24) is 14.9 Å². The summed E-state index contributed by atoms with van der Waals surface area (Å²) in [6, 6.07) is 2.15. The lowest BCUT2D eigenvalue weighted by Crippen LogP contribution is -2.48. The molecule has 0 aliphatic heterocycles. The maximum atomic E-state index is 12.0. The fourth-order valence-corrected chi connectivity index (χ4v) is 2.04. The van der Waals surface area contributed by atoms with Crippen molar-refractivity contribution in [3.8, 4) is 6.07 Å². The van der Waals surface area contributed by atoms with E-state index in [1.165, 1.54) is 0 Å². The number of carbonyl (C=O) groups is 1. The van der Waals surface area contributed by atoms with Gasteiger partial charge < -0.3 is 9.88 Å². The van der Waals surface area contributed by atoms with Crippen LogP contribution in [0, 0.1) is 16.7 Å². The van der Waals surface area contributed by atoms with Gasteiger partial charge in [0.15, 0.2) is 0 Å². The molecule has 1 aliphatic carbocycles. The highest BCUT2D eigenvalue weighted by Gasteiger charge is 2.44. The van der Waals surface area contributed by atoms with Crippen LogP contribution in [0.4, 0.5) is 0 Å². The van der Waals surface area contributed by atoms with Gasteiger partial charge in [-0.2, -0.15) is 5.26 Å². The molecule has 0 saturated heterocycles. The van der Waals surface area contributed by atoms with Crippen molar-refractivity contribution in [3.63, 3.8) is 0 Å². The first-order valence-electron chi connectivity index (χ1n) is 5.84. The maximum Gasteiger partial charge on any atom is 0.240 e. The fraction of sp³-hybridized carbons (Fsp3) is 0.583. The van der Waals surface area contributed by atoms with E-state index < -0.39 is 5.41 Å². The van der Waals surface area contributed by atoms with Crippen LogP contribution in [-0.2, 0) is 11.3 Å². The summed E-state index contributed by atoms with van der Waals surface area (Å²) in [4.78, 5) is 15.9. The molecule has 5 nitrogen and oxygen atoms in total. The van der Waals surface area contributed by atoms with Gasteiger partial charge >= 0.3 is 0 Å². The van der Waals surface area contributed by atoms with Crippen LogP contribution in [0.25, 0.3) is 0 Å². The number of imidazole rings is 1. The third-order valence-electron chi connectivity index (χ3n) is 3.28. The number of nitriles is 1. The molecule has 1 fully saturated rings. The van der Waals surface area contributed by atoms with Crippen LogP contribution in [0.5, 0.6) is 0 Å². The second kappa shape index (κ2) is 4.58. The topological polar surface area (TPSA) is 70.7 Å². The molecule has 1 atom stereocenters. The third-order valence-corrected chi connectivity index (χ3v) is 3.28. The highest BCUT2D eigenvalue weighted by Crippen LogP contribution is 2.40. The summed E-state index contributed by atoms with van der Waals surface area (Å²) in [5, 5.41) is 12.0. The molecular formula is C12H16N4O. The second-order valence-electron chi connectivity index (χ2n) is 4.68. The minimum atomic E-state index is -0.761. The van der Waals surface area contributed by atoms with Crippen LogP contribution in [0.1, 0.15) is 26.2 Å². The van der Waals surface area contributed by atoms with Gasteiger partial charge in [-0.05, 0) is 26.2 Å². The maximum absolute atomic E-state index is 12.0. The van der Waals surface area contributed by atoms with Gasteiger partial charge in [0, 0.05) is 25.0 Å². The van der Waals surface area contributed by atoms with Gasteiger partial charge in [-0.1, -0.05) is 0 Å². The number of hydrogen-bond acceptors (Lipinski definition) is 3. The number of aromatic nitrogens is 2. The number of hydrogen-bond donors (Lipinski definition) is 1. The van der Waals surface area contributed by atoms with E-state index in [4.69, 9.17) is 5.26 Å². The molecular weight excluding hydrogens is 216 g/mol. The molecule has 0 spiro atoms. The zero-order valence-electron chi connectivity index (χ0n) is 9.89. The lowest BCUT2D eigenvalue weighted by atomic mass is 9.69. The number of carbonyl (C=O) groups excluding carboxylic acids is 1. The van der Waals surface area contributed by atoms with E-state index in [0.717, 1.165) is 6.42 Å². The van der Waals surface area contributed by atoms with Crippen LogP contribution in [0.3, 0.4) is 0 Å². The summed E-state index contributed by atoms with van der Waals surface area (Å²) in [5.74, 6) is -0.126. The van der Waals surface area contributed by atoms with Crippen LogP contribution in [-0.4, -0.2) is 21.5 Å². The molecule has 1 aliphatic rings. The second-order valence-corrected chi connectivity index (χ2v) is 4.68. The average Bonchev–Trinajstić information content (AvgIpc) is 2.69. The molecule has 0 aromatic carbocycles. The molecule has 2 rings (SSSR count). The number of nitrogens with one attached hydrogen (secondary N) is 1. The van der Waals surface area contributed by atoms with Crippen molar-refractivity contribution in [2.24, 2.45) is 5.41 Å². The molecule has 1 heterocycles. The van der Waals surface area contributed by atoms with Crippen molar-refractivity contribution < 1.29 is 4.79 Å². The van der Waals surface area contributed by atoms with Crippen LogP contribution in [0.15, 0.2) is 18.7 Å². The molecule has 0 bridgehead atoms. The summed E-state index contributed by atoms with van der Waals surface area (Å²) in [6.07, 6.45) is 7.62. The largest absolute Gasteiger partial charge is 0.350 e. The molecule has 1 aromatic heterocycles. The van der Waals surface area contributed by atoms with Crippen molar-refractivity contribution in [3.05, 3.63) is 18.7 Å². The van der Waals surface area contributed by atoms with Gasteiger partial charge in [0.2, 0.25) is 5.91 Å². The number of amides is 1. The minimum absolute atomic E-state index is 0.00234. The quantitative estimate of drug-likeness (QED) is 0.844. The summed E-state index contributed by atoms with van der Waals surface area (Å²) < 4.78 is 1.91. The zero-order valence-corrected chi connectivity index (χ0v) is 9.89. The Labute approximate surface area is 100 Å². The Balaban J connectivity index is 1.88. The Morgan fingerprint density at radius 2 is 2.47 bits per heavy atom. The monoisotopic (exact) mass is 232 g/mol. The third kappa shape index (κ3) is 2.31. The molecule has 0 radical (unpaired) electrons. The summed E-state index contributed by atoms with van der Waals surface area (Å²) in [5.41, 5.74) is -0.761. The molecule has 1 unspecified atom stereocenters. The molecule has 1 N–H and O–H groups in total. The highest BCUT2D eigenvalue weighted by molar-refractivity contribution is 5.86. The van der Waals surface area contributed by atoms with Gasteiger partial charge in [0.05, 0.1) is 12.4 Å². The SMILES string of the molecule is CC(Cn1ccnc1)NC(=O)C1(C#N)CCC1. The first-order valence-corrected chi connectivity index (χ1v) is 5.84. The van der Waals surface area contributed by atoms with Crippen molar-refractivity contribution in [1.29, 1.82) is 5.26 Å². The van der Waals surface area contributed by atoms with E-state index in [1.54, 1.807) is 12.5 Å². The van der Waals surface area contributed by atoms with Crippen molar-refractivity contribution in [2.75, 3.05) is 0 Å². The Morgan fingerprint density at radius 3 is 2.94 bits per heavy atom. The van der Waals surface area contributed by atoms with Crippen LogP contribution < -0.4 is 5.32 Å². The Kier molecular flexibility index (Phi) is 3.14. The summed E-state index contributed by atoms with van der Waals surface area (Å²) >= 11 is 0. The van der Waals surface area contributed by atoms with Gasteiger partial charge in [0.1, 0.15) is 5.41 Å². The van der Waals surface area contributed by atoms with Gasteiger partial charge in [-0.25, -0.2) is 4.98 Å².